The second-order valence-corrected chi connectivity index (χ2v) is 7.48. The summed E-state index contributed by atoms with van der Waals surface area (Å²) in [7, 11) is -0.210. The van der Waals surface area contributed by atoms with Gasteiger partial charge in [-0.15, -0.1) is 0 Å². The molecule has 2 amide bonds. The van der Waals surface area contributed by atoms with Crippen molar-refractivity contribution in [1.82, 2.24) is 5.32 Å². The van der Waals surface area contributed by atoms with E-state index in [0.29, 0.717) is 0 Å². The average Bonchev–Trinajstić information content (AvgIpc) is 2.37. The summed E-state index contributed by atoms with van der Waals surface area (Å²) in [6, 6.07) is 6.38. The van der Waals surface area contributed by atoms with Crippen molar-refractivity contribution in [1.29, 1.82) is 0 Å². The molecule has 19 heavy (non-hydrogen) atoms. The molecule has 0 aliphatic heterocycles. The molecule has 106 valence electrons. The second kappa shape index (κ2) is 7.49. The van der Waals surface area contributed by atoms with Crippen molar-refractivity contribution in [2.75, 3.05) is 18.1 Å². The van der Waals surface area contributed by atoms with Crippen molar-refractivity contribution in [3.8, 4) is 0 Å². The highest BCUT2D eigenvalue weighted by Crippen LogP contribution is 2.32. The predicted molar refractivity (Wildman–Crippen MR) is 86.1 cm³/mol. The molecular weight excluding hydrogens is 255 g/mol. The van der Waals surface area contributed by atoms with Gasteiger partial charge in [-0.2, -0.15) is 0 Å². The van der Waals surface area contributed by atoms with Gasteiger partial charge in [0.15, 0.2) is 0 Å². The number of rotatable bonds is 5. The molecule has 1 rings (SSSR count). The minimum Gasteiger partial charge on any atom is -0.336 e. The Morgan fingerprint density at radius 2 is 2.00 bits per heavy atom. The molecule has 3 nitrogen and oxygen atoms in total. The highest BCUT2D eigenvalue weighted by atomic mass is 31.1. The molecule has 0 aliphatic rings. The van der Waals surface area contributed by atoms with Crippen molar-refractivity contribution in [3.05, 3.63) is 23.8 Å². The zero-order valence-electron chi connectivity index (χ0n) is 12.6. The standard InChI is InChI=1S/C15H25N2OP/c1-6-12-8-9-13(14(10-12)19(5)7-2)17-15(18)16-11(3)4/h8-11H,6-7H2,1-5H3,(H2,16,17,18). The number of aryl methyl sites for hydroxylation is 1. The number of benzene rings is 1. The first kappa shape index (κ1) is 16.0. The van der Waals surface area contributed by atoms with Gasteiger partial charge in [0, 0.05) is 6.04 Å². The molecule has 0 spiro atoms. The number of carbonyl (C=O) groups is 1. The summed E-state index contributed by atoms with van der Waals surface area (Å²) in [5, 5.41) is 7.12. The largest absolute Gasteiger partial charge is 0.336 e. The third kappa shape index (κ3) is 4.83. The van der Waals surface area contributed by atoms with Crippen LogP contribution in [0.2, 0.25) is 0 Å². The normalized spacial score (nSPS) is 12.3. The van der Waals surface area contributed by atoms with E-state index in [1.165, 1.54) is 10.9 Å². The number of urea groups is 1. The van der Waals surface area contributed by atoms with Crippen LogP contribution in [0, 0.1) is 0 Å². The van der Waals surface area contributed by atoms with Gasteiger partial charge in [-0.25, -0.2) is 4.79 Å². The van der Waals surface area contributed by atoms with Gasteiger partial charge in [-0.1, -0.05) is 27.8 Å². The Balaban J connectivity index is 2.95. The molecule has 0 heterocycles. The van der Waals surface area contributed by atoms with Crippen LogP contribution >= 0.6 is 7.92 Å². The highest BCUT2D eigenvalue weighted by Gasteiger charge is 2.12. The van der Waals surface area contributed by atoms with Gasteiger partial charge in [0.2, 0.25) is 0 Å². The molecule has 0 fully saturated rings. The molecule has 0 saturated heterocycles. The lowest BCUT2D eigenvalue weighted by atomic mass is 10.1. The minimum atomic E-state index is -0.210. The molecule has 1 atom stereocenters. The van der Waals surface area contributed by atoms with Crippen LogP contribution in [0.25, 0.3) is 0 Å². The smallest absolute Gasteiger partial charge is 0.319 e. The van der Waals surface area contributed by atoms with Gasteiger partial charge in [0.1, 0.15) is 0 Å². The summed E-state index contributed by atoms with van der Waals surface area (Å²) < 4.78 is 0. The topological polar surface area (TPSA) is 41.1 Å². The van der Waals surface area contributed by atoms with Crippen molar-refractivity contribution in [2.24, 2.45) is 0 Å². The molecule has 1 aromatic rings. The lowest BCUT2D eigenvalue weighted by molar-refractivity contribution is 0.250. The summed E-state index contributed by atoms with van der Waals surface area (Å²) in [6.07, 6.45) is 2.15. The second-order valence-electron chi connectivity index (χ2n) is 4.97. The SMILES string of the molecule is CCc1ccc(NC(=O)NC(C)C)c(P(C)CC)c1. The van der Waals surface area contributed by atoms with E-state index in [1.807, 2.05) is 19.9 Å². The van der Waals surface area contributed by atoms with Gasteiger partial charge in [0.25, 0.3) is 0 Å². The van der Waals surface area contributed by atoms with Crippen LogP contribution in [-0.4, -0.2) is 24.9 Å². The van der Waals surface area contributed by atoms with E-state index < -0.39 is 0 Å². The number of amides is 2. The molecule has 4 heteroatoms. The van der Waals surface area contributed by atoms with Crippen LogP contribution in [-0.2, 0) is 6.42 Å². The Morgan fingerprint density at radius 1 is 1.32 bits per heavy atom. The van der Waals surface area contributed by atoms with Crippen LogP contribution in [0.3, 0.4) is 0 Å². The average molecular weight is 280 g/mol. The van der Waals surface area contributed by atoms with E-state index in [1.54, 1.807) is 0 Å². The molecule has 2 N–H and O–H groups in total. The van der Waals surface area contributed by atoms with Crippen molar-refractivity contribution in [2.45, 2.75) is 40.2 Å². The number of hydrogen-bond acceptors (Lipinski definition) is 1. The summed E-state index contributed by atoms with van der Waals surface area (Å²) in [6.45, 7) is 10.5. The quantitative estimate of drug-likeness (QED) is 0.796. The molecule has 1 unspecified atom stereocenters. The lowest BCUT2D eigenvalue weighted by Crippen LogP contribution is -2.35. The maximum atomic E-state index is 11.8. The Hall–Kier alpha value is -1.08. The first-order chi connectivity index (χ1) is 8.97. The van der Waals surface area contributed by atoms with Gasteiger partial charge in [-0.05, 0) is 56.1 Å². The van der Waals surface area contributed by atoms with Crippen LogP contribution in [0.15, 0.2) is 18.2 Å². The van der Waals surface area contributed by atoms with Crippen molar-refractivity contribution in [3.63, 3.8) is 0 Å². The maximum absolute atomic E-state index is 11.8. The lowest BCUT2D eigenvalue weighted by Gasteiger charge is -2.18. The van der Waals surface area contributed by atoms with E-state index in [-0.39, 0.29) is 20.0 Å². The van der Waals surface area contributed by atoms with Crippen LogP contribution in [0.4, 0.5) is 10.5 Å². The third-order valence-electron chi connectivity index (χ3n) is 3.02. The monoisotopic (exact) mass is 280 g/mol. The molecule has 0 aromatic heterocycles. The summed E-state index contributed by atoms with van der Waals surface area (Å²) in [5.41, 5.74) is 2.28. The summed E-state index contributed by atoms with van der Waals surface area (Å²) in [4.78, 5) is 11.8. The highest BCUT2D eigenvalue weighted by molar-refractivity contribution is 7.65. The molecular formula is C15H25N2OP. The van der Waals surface area contributed by atoms with E-state index in [0.717, 1.165) is 18.3 Å². The van der Waals surface area contributed by atoms with Crippen LogP contribution in [0.5, 0.6) is 0 Å². The first-order valence-corrected chi connectivity index (χ1v) is 8.86. The Kier molecular flexibility index (Phi) is 6.30. The third-order valence-corrected chi connectivity index (χ3v) is 5.17. The summed E-state index contributed by atoms with van der Waals surface area (Å²) in [5.74, 6) is 0. The Bertz CT molecular complexity index is 432. The molecule has 0 bridgehead atoms. The molecule has 0 radical (unpaired) electrons. The number of hydrogen-bond donors (Lipinski definition) is 2. The van der Waals surface area contributed by atoms with E-state index in [4.69, 9.17) is 0 Å². The van der Waals surface area contributed by atoms with Gasteiger partial charge >= 0.3 is 6.03 Å². The molecule has 1 aromatic carbocycles. The predicted octanol–water partition coefficient (Wildman–Crippen LogP) is 3.54. The van der Waals surface area contributed by atoms with Crippen LogP contribution < -0.4 is 15.9 Å². The molecule has 0 aliphatic carbocycles. The zero-order valence-corrected chi connectivity index (χ0v) is 13.5. The fourth-order valence-electron chi connectivity index (χ4n) is 1.81. The van der Waals surface area contributed by atoms with Crippen LogP contribution in [0.1, 0.15) is 33.3 Å². The van der Waals surface area contributed by atoms with Crippen molar-refractivity contribution < 1.29 is 4.79 Å². The minimum absolute atomic E-state index is 0.125. The Labute approximate surface area is 117 Å². The van der Waals surface area contributed by atoms with E-state index >= 15 is 0 Å². The van der Waals surface area contributed by atoms with Gasteiger partial charge in [0.05, 0.1) is 5.69 Å². The number of carbonyl (C=O) groups excluding carboxylic acids is 1. The van der Waals surface area contributed by atoms with Gasteiger partial charge in [-0.3, -0.25) is 0 Å². The number of anilines is 1. The zero-order chi connectivity index (χ0) is 14.4. The van der Waals surface area contributed by atoms with Gasteiger partial charge < -0.3 is 10.6 Å². The number of nitrogens with one attached hydrogen (secondary N) is 2. The first-order valence-electron chi connectivity index (χ1n) is 6.89. The fraction of sp³-hybridized carbons (Fsp3) is 0.533. The molecule has 0 saturated carbocycles. The van der Waals surface area contributed by atoms with Crippen molar-refractivity contribution >= 4 is 24.9 Å². The van der Waals surface area contributed by atoms with E-state index in [2.05, 4.69) is 43.3 Å². The maximum Gasteiger partial charge on any atom is 0.319 e. The Morgan fingerprint density at radius 3 is 2.53 bits per heavy atom. The summed E-state index contributed by atoms with van der Waals surface area (Å²) >= 11 is 0. The van der Waals surface area contributed by atoms with E-state index in [9.17, 15) is 4.79 Å². The fourth-order valence-corrected chi connectivity index (χ4v) is 3.08.